The van der Waals surface area contributed by atoms with Gasteiger partial charge in [0, 0.05) is 16.9 Å². The van der Waals surface area contributed by atoms with Gasteiger partial charge in [0.15, 0.2) is 16.1 Å². The van der Waals surface area contributed by atoms with Crippen LogP contribution in [0.4, 0.5) is 0 Å². The molecule has 1 heterocycles. The third-order valence-corrected chi connectivity index (χ3v) is 7.17. The molecule has 2 atom stereocenters. The van der Waals surface area contributed by atoms with Gasteiger partial charge in [-0.1, -0.05) is 30.3 Å². The average molecular weight is 450 g/mol. The molecule has 0 spiro atoms. The van der Waals surface area contributed by atoms with Gasteiger partial charge >= 0.3 is 0 Å². The van der Waals surface area contributed by atoms with Crippen LogP contribution in [-0.2, 0) is 25.1 Å². The zero-order valence-corrected chi connectivity index (χ0v) is 18.0. The van der Waals surface area contributed by atoms with E-state index in [9.17, 15) is 23.5 Å². The zero-order valence-electron chi connectivity index (χ0n) is 16.3. The number of nitrogens with zero attached hydrogens (tertiary/aromatic N) is 1. The summed E-state index contributed by atoms with van der Waals surface area (Å²) in [7, 11) is -3.66. The molecule has 0 radical (unpaired) electrons. The van der Waals surface area contributed by atoms with Crippen LogP contribution in [0.25, 0.3) is 10.1 Å². The molecule has 0 bridgehead atoms. The predicted molar refractivity (Wildman–Crippen MR) is 115 cm³/mol. The number of carbonyl (C=O) groups is 1. The van der Waals surface area contributed by atoms with Crippen molar-refractivity contribution in [3.63, 3.8) is 0 Å². The molecular weight excluding hydrogens is 426 g/mol. The van der Waals surface area contributed by atoms with Crippen LogP contribution in [0, 0.1) is 0 Å². The van der Waals surface area contributed by atoms with E-state index in [1.165, 1.54) is 0 Å². The summed E-state index contributed by atoms with van der Waals surface area (Å²) < 4.78 is 31.8. The topological polar surface area (TPSA) is 104 Å². The van der Waals surface area contributed by atoms with Crippen LogP contribution in [0.1, 0.15) is 35.9 Å². The van der Waals surface area contributed by atoms with Crippen LogP contribution in [0.15, 0.2) is 53.9 Å². The number of fused-ring (bicyclic) bond motifs is 1. The van der Waals surface area contributed by atoms with Crippen molar-refractivity contribution in [3.05, 3.63) is 70.6 Å². The van der Waals surface area contributed by atoms with Crippen LogP contribution in [-0.4, -0.2) is 42.6 Å². The van der Waals surface area contributed by atoms with Gasteiger partial charge in [-0.15, -0.1) is 11.3 Å². The molecule has 0 aliphatic carbocycles. The van der Waals surface area contributed by atoms with Gasteiger partial charge in [0.1, 0.15) is 0 Å². The molecule has 0 saturated carbocycles. The number of ether oxygens (including phenoxy) is 1. The highest BCUT2D eigenvalue weighted by molar-refractivity contribution is 7.90. The number of rotatable bonds is 10. The molecule has 1 unspecified atom stereocenters. The van der Waals surface area contributed by atoms with Crippen molar-refractivity contribution in [1.82, 2.24) is 5.06 Å². The Bertz CT molecular complexity index is 1090. The SMILES string of the molecule is CCOC(O)c1ccc([C@@H](CS(=O)(=O)Cc2ccc3sccc3c2)N(O)C=O)cc1. The third kappa shape index (κ3) is 5.44. The Morgan fingerprint density at radius 3 is 2.50 bits per heavy atom. The third-order valence-electron chi connectivity index (χ3n) is 4.67. The molecular formula is C21H23NO6S2. The molecule has 3 aromatic rings. The van der Waals surface area contributed by atoms with Crippen molar-refractivity contribution >= 4 is 37.7 Å². The van der Waals surface area contributed by atoms with Crippen LogP contribution >= 0.6 is 11.3 Å². The second-order valence-electron chi connectivity index (χ2n) is 6.82. The maximum atomic E-state index is 12.8. The minimum Gasteiger partial charge on any atom is -0.364 e. The molecule has 0 saturated heterocycles. The summed E-state index contributed by atoms with van der Waals surface area (Å²) in [4.78, 5) is 11.2. The van der Waals surface area contributed by atoms with Gasteiger partial charge in [-0.05, 0) is 47.0 Å². The Balaban J connectivity index is 1.80. The normalized spacial score (nSPS) is 13.8. The maximum Gasteiger partial charge on any atom is 0.233 e. The summed E-state index contributed by atoms with van der Waals surface area (Å²) >= 11 is 1.58. The first kappa shape index (κ1) is 22.4. The lowest BCUT2D eigenvalue weighted by Crippen LogP contribution is -2.30. The van der Waals surface area contributed by atoms with Crippen molar-refractivity contribution < 1.29 is 28.3 Å². The number of sulfone groups is 1. The monoisotopic (exact) mass is 449 g/mol. The van der Waals surface area contributed by atoms with Gasteiger partial charge in [-0.2, -0.15) is 0 Å². The minimum atomic E-state index is -3.66. The first-order valence-corrected chi connectivity index (χ1v) is 12.0. The molecule has 2 aromatic carbocycles. The molecule has 1 aromatic heterocycles. The van der Waals surface area contributed by atoms with Gasteiger partial charge in [0.05, 0.1) is 17.5 Å². The average Bonchev–Trinajstić information content (AvgIpc) is 3.19. The van der Waals surface area contributed by atoms with Crippen molar-refractivity contribution in [2.75, 3.05) is 12.4 Å². The van der Waals surface area contributed by atoms with Gasteiger partial charge in [-0.3, -0.25) is 10.0 Å². The van der Waals surface area contributed by atoms with E-state index in [4.69, 9.17) is 4.74 Å². The number of carbonyl (C=O) groups excluding carboxylic acids is 1. The van der Waals surface area contributed by atoms with E-state index in [0.717, 1.165) is 10.1 Å². The lowest BCUT2D eigenvalue weighted by Gasteiger charge is -2.23. The van der Waals surface area contributed by atoms with E-state index in [2.05, 4.69) is 0 Å². The van der Waals surface area contributed by atoms with Crippen LogP contribution < -0.4 is 0 Å². The maximum absolute atomic E-state index is 12.8. The standard InChI is InChI=1S/C21H23NO6S2/c1-2-28-21(24)17-6-4-16(5-7-17)19(22(25)14-23)13-30(26,27)12-15-3-8-20-18(11-15)9-10-29-20/h3-11,14,19,21,24-25H,2,12-13H2,1H3/t19-,21?/m1/s1. The van der Waals surface area contributed by atoms with Crippen molar-refractivity contribution in [2.24, 2.45) is 0 Å². The van der Waals surface area contributed by atoms with Crippen molar-refractivity contribution in [1.29, 1.82) is 0 Å². The predicted octanol–water partition coefficient (Wildman–Crippen LogP) is 3.43. The summed E-state index contributed by atoms with van der Waals surface area (Å²) in [5.74, 6) is -0.652. The Hall–Kier alpha value is -2.30. The molecule has 9 heteroatoms. The quantitative estimate of drug-likeness (QED) is 0.213. The minimum absolute atomic E-state index is 0.181. The number of aliphatic hydroxyl groups excluding tert-OH is 1. The van der Waals surface area contributed by atoms with E-state index in [-0.39, 0.29) is 12.2 Å². The number of hydrogen-bond acceptors (Lipinski definition) is 7. The molecule has 0 aliphatic rings. The van der Waals surface area contributed by atoms with Gasteiger partial charge in [0.2, 0.25) is 6.41 Å². The molecule has 1 amide bonds. The summed E-state index contributed by atoms with van der Waals surface area (Å²) in [6, 6.07) is 12.6. The van der Waals surface area contributed by atoms with E-state index in [0.29, 0.717) is 28.4 Å². The number of hydrogen-bond donors (Lipinski definition) is 2. The molecule has 7 nitrogen and oxygen atoms in total. The fraction of sp³-hybridized carbons (Fsp3) is 0.286. The molecule has 2 N–H and O–H groups in total. The summed E-state index contributed by atoms with van der Waals surface area (Å²) in [5.41, 5.74) is 1.56. The van der Waals surface area contributed by atoms with Crippen LogP contribution in [0.2, 0.25) is 0 Å². The summed E-state index contributed by atoms with van der Waals surface area (Å²) in [6.07, 6.45) is -0.921. The Kier molecular flexibility index (Phi) is 7.22. The number of hydroxylamine groups is 2. The number of amides is 1. The Morgan fingerprint density at radius 1 is 1.13 bits per heavy atom. The van der Waals surface area contributed by atoms with E-state index in [1.54, 1.807) is 48.6 Å². The highest BCUT2D eigenvalue weighted by Crippen LogP contribution is 2.26. The smallest absolute Gasteiger partial charge is 0.233 e. The highest BCUT2D eigenvalue weighted by atomic mass is 32.2. The number of aliphatic hydroxyl groups is 1. The lowest BCUT2D eigenvalue weighted by atomic mass is 10.1. The van der Waals surface area contributed by atoms with Gasteiger partial charge in [0.25, 0.3) is 0 Å². The first-order valence-electron chi connectivity index (χ1n) is 9.31. The Labute approximate surface area is 179 Å². The molecule has 30 heavy (non-hydrogen) atoms. The van der Waals surface area contributed by atoms with Crippen molar-refractivity contribution in [3.8, 4) is 0 Å². The van der Waals surface area contributed by atoms with E-state index >= 15 is 0 Å². The van der Waals surface area contributed by atoms with Crippen LogP contribution in [0.3, 0.4) is 0 Å². The van der Waals surface area contributed by atoms with Gasteiger partial charge in [-0.25, -0.2) is 13.5 Å². The first-order chi connectivity index (χ1) is 14.3. The highest BCUT2D eigenvalue weighted by Gasteiger charge is 2.26. The summed E-state index contributed by atoms with van der Waals surface area (Å²) in [5, 5.41) is 23.2. The lowest BCUT2D eigenvalue weighted by molar-refractivity contribution is -0.158. The second kappa shape index (κ2) is 9.67. The van der Waals surface area contributed by atoms with Crippen LogP contribution in [0.5, 0.6) is 0 Å². The molecule has 0 fully saturated rings. The fourth-order valence-electron chi connectivity index (χ4n) is 3.19. The fourth-order valence-corrected chi connectivity index (χ4v) is 5.60. The Morgan fingerprint density at radius 2 is 1.83 bits per heavy atom. The second-order valence-corrected chi connectivity index (χ2v) is 9.88. The molecule has 0 aliphatic heterocycles. The number of benzene rings is 2. The number of thiophene rings is 1. The zero-order chi connectivity index (χ0) is 21.7. The van der Waals surface area contributed by atoms with Crippen molar-refractivity contribution in [2.45, 2.75) is 25.0 Å². The molecule has 160 valence electrons. The van der Waals surface area contributed by atoms with E-state index in [1.807, 2.05) is 23.6 Å². The molecule has 3 rings (SSSR count). The van der Waals surface area contributed by atoms with Gasteiger partial charge < -0.3 is 9.84 Å². The summed E-state index contributed by atoms with van der Waals surface area (Å²) in [6.45, 7) is 2.08. The largest absolute Gasteiger partial charge is 0.364 e. The van der Waals surface area contributed by atoms with E-state index < -0.39 is 27.9 Å².